The summed E-state index contributed by atoms with van der Waals surface area (Å²) in [5.41, 5.74) is 1.32. The standard InChI is InChI=1S/C17H18F3N5/c1-12(13-4-6-15(7-5-13)25-9-3-8-22-25)21-10-14-11-23-24(2)16(14)17(18,19)20/h3-9,11-12,21H,10H2,1-2H3. The van der Waals surface area contributed by atoms with Gasteiger partial charge in [-0.05, 0) is 30.7 Å². The van der Waals surface area contributed by atoms with Crippen LogP contribution in [-0.4, -0.2) is 19.6 Å². The molecule has 0 aliphatic heterocycles. The van der Waals surface area contributed by atoms with Crippen molar-refractivity contribution in [1.82, 2.24) is 24.9 Å². The van der Waals surface area contributed by atoms with Crippen LogP contribution in [0.1, 0.15) is 29.8 Å². The zero-order valence-corrected chi connectivity index (χ0v) is 13.8. The maximum Gasteiger partial charge on any atom is 0.433 e. The van der Waals surface area contributed by atoms with Gasteiger partial charge in [0.25, 0.3) is 0 Å². The van der Waals surface area contributed by atoms with Gasteiger partial charge in [0.15, 0.2) is 0 Å². The predicted molar refractivity (Wildman–Crippen MR) is 87.0 cm³/mol. The maximum absolute atomic E-state index is 13.1. The van der Waals surface area contributed by atoms with E-state index in [2.05, 4.69) is 15.5 Å². The molecule has 0 amide bonds. The molecule has 132 valence electrons. The van der Waals surface area contributed by atoms with Gasteiger partial charge in [-0.1, -0.05) is 12.1 Å². The first-order chi connectivity index (χ1) is 11.9. The highest BCUT2D eigenvalue weighted by Crippen LogP contribution is 2.31. The van der Waals surface area contributed by atoms with Crippen LogP contribution in [0.15, 0.2) is 48.9 Å². The second-order valence-electron chi connectivity index (χ2n) is 5.78. The van der Waals surface area contributed by atoms with E-state index in [-0.39, 0.29) is 18.2 Å². The highest BCUT2D eigenvalue weighted by atomic mass is 19.4. The molecule has 3 rings (SSSR count). The van der Waals surface area contributed by atoms with Crippen molar-refractivity contribution in [1.29, 1.82) is 0 Å². The summed E-state index contributed by atoms with van der Waals surface area (Å²) in [7, 11) is 1.30. The minimum Gasteiger partial charge on any atom is -0.306 e. The zero-order valence-electron chi connectivity index (χ0n) is 13.8. The van der Waals surface area contributed by atoms with Crippen molar-refractivity contribution >= 4 is 0 Å². The Kier molecular flexibility index (Phi) is 4.63. The quantitative estimate of drug-likeness (QED) is 0.767. The van der Waals surface area contributed by atoms with Gasteiger partial charge < -0.3 is 5.32 Å². The molecule has 2 aromatic heterocycles. The van der Waals surface area contributed by atoms with Crippen LogP contribution in [0.2, 0.25) is 0 Å². The fourth-order valence-electron chi connectivity index (χ4n) is 2.70. The van der Waals surface area contributed by atoms with Gasteiger partial charge in [-0.15, -0.1) is 0 Å². The minimum atomic E-state index is -4.42. The van der Waals surface area contributed by atoms with Crippen molar-refractivity contribution in [2.24, 2.45) is 7.05 Å². The zero-order chi connectivity index (χ0) is 18.0. The van der Waals surface area contributed by atoms with E-state index >= 15 is 0 Å². The van der Waals surface area contributed by atoms with Gasteiger partial charge in [-0.2, -0.15) is 23.4 Å². The van der Waals surface area contributed by atoms with Crippen molar-refractivity contribution in [3.63, 3.8) is 0 Å². The molecule has 8 heteroatoms. The minimum absolute atomic E-state index is 0.0881. The molecular weight excluding hydrogens is 331 g/mol. The molecule has 0 fully saturated rings. The second kappa shape index (κ2) is 6.72. The Morgan fingerprint density at radius 2 is 1.88 bits per heavy atom. The Bertz CT molecular complexity index is 819. The van der Waals surface area contributed by atoms with Crippen molar-refractivity contribution in [2.75, 3.05) is 0 Å². The molecule has 0 saturated heterocycles. The average Bonchev–Trinajstić information content (AvgIpc) is 3.22. The first-order valence-corrected chi connectivity index (χ1v) is 7.77. The van der Waals surface area contributed by atoms with Crippen LogP contribution in [0.3, 0.4) is 0 Å². The van der Waals surface area contributed by atoms with Crippen LogP contribution in [0, 0.1) is 0 Å². The van der Waals surface area contributed by atoms with E-state index in [0.717, 1.165) is 15.9 Å². The first kappa shape index (κ1) is 17.2. The summed E-state index contributed by atoms with van der Waals surface area (Å²) in [6, 6.07) is 9.44. The molecule has 0 bridgehead atoms. The summed E-state index contributed by atoms with van der Waals surface area (Å²) in [6.45, 7) is 2.00. The van der Waals surface area contributed by atoms with Gasteiger partial charge in [-0.3, -0.25) is 4.68 Å². The Morgan fingerprint density at radius 3 is 2.48 bits per heavy atom. The monoisotopic (exact) mass is 349 g/mol. The van der Waals surface area contributed by atoms with Crippen molar-refractivity contribution in [3.05, 3.63) is 65.7 Å². The summed E-state index contributed by atoms with van der Waals surface area (Å²) < 4.78 is 41.8. The van der Waals surface area contributed by atoms with Crippen molar-refractivity contribution < 1.29 is 13.2 Å². The SMILES string of the molecule is CC(NCc1cnn(C)c1C(F)(F)F)c1ccc(-n2cccn2)cc1. The fraction of sp³-hybridized carbons (Fsp3) is 0.294. The third-order valence-corrected chi connectivity index (χ3v) is 4.04. The van der Waals surface area contributed by atoms with Gasteiger partial charge in [-0.25, -0.2) is 4.68 Å². The number of benzene rings is 1. The van der Waals surface area contributed by atoms with E-state index in [4.69, 9.17) is 0 Å². The lowest BCUT2D eigenvalue weighted by Crippen LogP contribution is -2.21. The van der Waals surface area contributed by atoms with Crippen LogP contribution in [0.25, 0.3) is 5.69 Å². The fourth-order valence-corrected chi connectivity index (χ4v) is 2.70. The molecule has 0 aliphatic rings. The molecule has 5 nitrogen and oxygen atoms in total. The van der Waals surface area contributed by atoms with Crippen LogP contribution in [0.5, 0.6) is 0 Å². The Labute approximate surface area is 143 Å². The lowest BCUT2D eigenvalue weighted by molar-refractivity contribution is -0.144. The Hall–Kier alpha value is -2.61. The van der Waals surface area contributed by atoms with Gasteiger partial charge in [0.05, 0.1) is 11.9 Å². The summed E-state index contributed by atoms with van der Waals surface area (Å²) in [5.74, 6) is 0. The van der Waals surface area contributed by atoms with E-state index in [9.17, 15) is 13.2 Å². The molecule has 1 atom stereocenters. The molecule has 3 aromatic rings. The lowest BCUT2D eigenvalue weighted by Gasteiger charge is -2.16. The summed E-state index contributed by atoms with van der Waals surface area (Å²) in [6.07, 6.45) is 0.377. The number of hydrogen-bond acceptors (Lipinski definition) is 3. The van der Waals surface area contributed by atoms with Gasteiger partial charge in [0.2, 0.25) is 0 Å². The highest BCUT2D eigenvalue weighted by Gasteiger charge is 2.37. The molecule has 0 saturated carbocycles. The summed E-state index contributed by atoms with van der Waals surface area (Å²) in [4.78, 5) is 0. The first-order valence-electron chi connectivity index (χ1n) is 7.77. The van der Waals surface area contributed by atoms with Gasteiger partial charge in [0, 0.05) is 37.6 Å². The lowest BCUT2D eigenvalue weighted by atomic mass is 10.1. The number of nitrogens with one attached hydrogen (secondary N) is 1. The molecule has 2 heterocycles. The number of nitrogens with zero attached hydrogens (tertiary/aromatic N) is 4. The molecule has 1 aromatic carbocycles. The molecular formula is C17H18F3N5. The van der Waals surface area contributed by atoms with Crippen LogP contribution < -0.4 is 5.32 Å². The summed E-state index contributed by atoms with van der Waals surface area (Å²) in [5, 5.41) is 11.0. The number of hydrogen-bond donors (Lipinski definition) is 1. The van der Waals surface area contributed by atoms with Crippen LogP contribution >= 0.6 is 0 Å². The van der Waals surface area contributed by atoms with E-state index < -0.39 is 11.9 Å². The number of aromatic nitrogens is 4. The summed E-state index contributed by atoms with van der Waals surface area (Å²) >= 11 is 0. The molecule has 1 unspecified atom stereocenters. The predicted octanol–water partition coefficient (Wildman–Crippen LogP) is 3.48. The molecule has 0 radical (unpaired) electrons. The van der Waals surface area contributed by atoms with E-state index in [1.807, 2.05) is 43.5 Å². The van der Waals surface area contributed by atoms with Crippen molar-refractivity contribution in [3.8, 4) is 5.69 Å². The largest absolute Gasteiger partial charge is 0.433 e. The molecule has 0 aliphatic carbocycles. The van der Waals surface area contributed by atoms with Gasteiger partial charge >= 0.3 is 6.18 Å². The smallest absolute Gasteiger partial charge is 0.306 e. The van der Waals surface area contributed by atoms with Gasteiger partial charge in [0.1, 0.15) is 5.69 Å². The maximum atomic E-state index is 13.1. The number of alkyl halides is 3. The van der Waals surface area contributed by atoms with Crippen LogP contribution in [0.4, 0.5) is 13.2 Å². The Balaban J connectivity index is 1.68. The second-order valence-corrected chi connectivity index (χ2v) is 5.78. The van der Waals surface area contributed by atoms with E-state index in [1.165, 1.54) is 13.2 Å². The van der Waals surface area contributed by atoms with Crippen LogP contribution in [-0.2, 0) is 19.8 Å². The van der Waals surface area contributed by atoms with Crippen molar-refractivity contribution in [2.45, 2.75) is 25.7 Å². The number of aryl methyl sites for hydroxylation is 1. The number of halogens is 3. The average molecular weight is 349 g/mol. The highest BCUT2D eigenvalue weighted by molar-refractivity contribution is 5.35. The topological polar surface area (TPSA) is 47.7 Å². The molecule has 25 heavy (non-hydrogen) atoms. The number of rotatable bonds is 5. The molecule has 0 spiro atoms. The normalized spacial score (nSPS) is 13.2. The third-order valence-electron chi connectivity index (χ3n) is 4.04. The Morgan fingerprint density at radius 1 is 1.16 bits per heavy atom. The molecule has 1 N–H and O–H groups in total. The van der Waals surface area contributed by atoms with E-state index in [1.54, 1.807) is 10.9 Å². The third kappa shape index (κ3) is 3.74. The van der Waals surface area contributed by atoms with E-state index in [0.29, 0.717) is 0 Å².